The van der Waals surface area contributed by atoms with E-state index in [9.17, 15) is 12.8 Å². The van der Waals surface area contributed by atoms with Crippen molar-refractivity contribution in [2.75, 3.05) is 23.3 Å². The fourth-order valence-corrected chi connectivity index (χ4v) is 4.95. The van der Waals surface area contributed by atoms with Gasteiger partial charge in [-0.25, -0.2) is 12.8 Å². The maximum atomic E-state index is 13.8. The molecule has 0 aliphatic heterocycles. The van der Waals surface area contributed by atoms with Crippen LogP contribution in [0.2, 0.25) is 0 Å². The maximum Gasteiger partial charge on any atom is 0.264 e. The highest BCUT2D eigenvalue weighted by atomic mass is 32.2. The summed E-state index contributed by atoms with van der Waals surface area (Å²) in [5, 5.41) is 3.88. The van der Waals surface area contributed by atoms with Crippen molar-refractivity contribution in [3.63, 3.8) is 0 Å². The predicted octanol–water partition coefficient (Wildman–Crippen LogP) is 5.25. The second kappa shape index (κ2) is 9.07. The lowest BCUT2D eigenvalue weighted by Crippen LogP contribution is -2.30. The highest BCUT2D eigenvalue weighted by Gasteiger charge is 2.27. The minimum atomic E-state index is -3.96. The monoisotopic (exact) mass is 465 g/mol. The molecule has 3 aromatic carbocycles. The molecule has 0 fully saturated rings. The van der Waals surface area contributed by atoms with Gasteiger partial charge < -0.3 is 9.42 Å². The number of hydrogen-bond donors (Lipinski definition) is 0. The van der Waals surface area contributed by atoms with Crippen molar-refractivity contribution in [1.82, 2.24) is 5.16 Å². The van der Waals surface area contributed by atoms with Crippen molar-refractivity contribution >= 4 is 21.4 Å². The number of aryl methyl sites for hydroxylation is 1. The molecular formula is C25H24FN3O3S. The van der Waals surface area contributed by atoms with E-state index < -0.39 is 10.0 Å². The van der Waals surface area contributed by atoms with Gasteiger partial charge >= 0.3 is 0 Å². The summed E-state index contributed by atoms with van der Waals surface area (Å²) in [6.07, 6.45) is 0. The summed E-state index contributed by atoms with van der Waals surface area (Å²) >= 11 is 0. The zero-order valence-corrected chi connectivity index (χ0v) is 19.4. The molecule has 1 heterocycles. The number of halogens is 1. The summed E-state index contributed by atoms with van der Waals surface area (Å²) in [6.45, 7) is 1.77. The third kappa shape index (κ3) is 4.90. The van der Waals surface area contributed by atoms with Crippen molar-refractivity contribution in [1.29, 1.82) is 0 Å². The molecule has 0 saturated heterocycles. The average Bonchev–Trinajstić information content (AvgIpc) is 3.23. The quantitative estimate of drug-likeness (QED) is 0.373. The summed E-state index contributed by atoms with van der Waals surface area (Å²) < 4.78 is 47.5. The maximum absolute atomic E-state index is 13.8. The van der Waals surface area contributed by atoms with Gasteiger partial charge in [0.05, 0.1) is 22.8 Å². The van der Waals surface area contributed by atoms with Crippen LogP contribution in [0.1, 0.15) is 11.5 Å². The van der Waals surface area contributed by atoms with Gasteiger partial charge in [-0.05, 0) is 66.6 Å². The Hall–Kier alpha value is -3.65. The lowest BCUT2D eigenvalue weighted by Gasteiger charge is -2.24. The van der Waals surface area contributed by atoms with Crippen LogP contribution in [0, 0.1) is 12.7 Å². The van der Waals surface area contributed by atoms with Gasteiger partial charge in [0.2, 0.25) is 0 Å². The van der Waals surface area contributed by atoms with E-state index in [0.717, 1.165) is 11.3 Å². The highest BCUT2D eigenvalue weighted by Crippen LogP contribution is 2.30. The molecule has 0 atom stereocenters. The molecule has 4 aromatic rings. The molecule has 4 rings (SSSR count). The van der Waals surface area contributed by atoms with Crippen LogP contribution in [0.25, 0.3) is 11.1 Å². The summed E-state index contributed by atoms with van der Waals surface area (Å²) in [6, 6.07) is 21.5. The van der Waals surface area contributed by atoms with Crippen LogP contribution in [0.3, 0.4) is 0 Å². The number of aromatic nitrogens is 1. The summed E-state index contributed by atoms with van der Waals surface area (Å²) in [4.78, 5) is 2.06. The molecule has 0 aliphatic carbocycles. The van der Waals surface area contributed by atoms with Crippen LogP contribution in [-0.2, 0) is 16.6 Å². The Morgan fingerprint density at radius 2 is 1.55 bits per heavy atom. The molecule has 0 aliphatic rings. The molecule has 0 radical (unpaired) electrons. The van der Waals surface area contributed by atoms with E-state index in [1.807, 2.05) is 31.1 Å². The van der Waals surface area contributed by atoms with Crippen LogP contribution in [0.4, 0.5) is 15.8 Å². The van der Waals surface area contributed by atoms with Gasteiger partial charge in [0.1, 0.15) is 5.82 Å². The van der Waals surface area contributed by atoms with E-state index in [2.05, 4.69) is 5.16 Å². The number of nitrogens with zero attached hydrogens (tertiary/aromatic N) is 3. The summed E-state index contributed by atoms with van der Waals surface area (Å²) in [5.41, 5.74) is 3.52. The Labute approximate surface area is 192 Å². The highest BCUT2D eigenvalue weighted by molar-refractivity contribution is 7.92. The molecule has 0 bridgehead atoms. The summed E-state index contributed by atoms with van der Waals surface area (Å²) in [7, 11) is -0.120. The molecule has 0 saturated carbocycles. The normalized spacial score (nSPS) is 11.4. The number of sulfonamides is 1. The Bertz CT molecular complexity index is 1350. The first-order valence-electron chi connectivity index (χ1n) is 10.3. The molecule has 0 amide bonds. The zero-order valence-electron chi connectivity index (χ0n) is 18.6. The van der Waals surface area contributed by atoms with Crippen molar-refractivity contribution < 1.29 is 17.3 Å². The van der Waals surface area contributed by atoms with Crippen molar-refractivity contribution in [2.24, 2.45) is 0 Å². The minimum absolute atomic E-state index is 0.00867. The van der Waals surface area contributed by atoms with Crippen molar-refractivity contribution in [3.8, 4) is 11.1 Å². The van der Waals surface area contributed by atoms with Crippen LogP contribution in [0.15, 0.2) is 88.3 Å². The summed E-state index contributed by atoms with van der Waals surface area (Å²) in [5.74, 6) is 0.0830. The van der Waals surface area contributed by atoms with E-state index in [1.54, 1.807) is 61.5 Å². The lowest BCUT2D eigenvalue weighted by molar-refractivity contribution is 0.381. The minimum Gasteiger partial charge on any atom is -0.378 e. The fourth-order valence-electron chi connectivity index (χ4n) is 3.47. The molecule has 0 unspecified atom stereocenters. The van der Waals surface area contributed by atoms with Gasteiger partial charge in [-0.1, -0.05) is 29.4 Å². The van der Waals surface area contributed by atoms with Crippen LogP contribution < -0.4 is 9.21 Å². The first-order valence-corrected chi connectivity index (χ1v) is 11.8. The van der Waals surface area contributed by atoms with E-state index in [4.69, 9.17) is 4.52 Å². The number of anilines is 2. The Balaban J connectivity index is 1.76. The Morgan fingerprint density at radius 3 is 2.15 bits per heavy atom. The zero-order chi connectivity index (χ0) is 23.6. The second-order valence-electron chi connectivity index (χ2n) is 7.89. The van der Waals surface area contributed by atoms with Gasteiger partial charge in [-0.3, -0.25) is 4.31 Å². The average molecular weight is 466 g/mol. The van der Waals surface area contributed by atoms with Gasteiger partial charge in [-0.15, -0.1) is 0 Å². The van der Waals surface area contributed by atoms with Crippen LogP contribution in [0.5, 0.6) is 0 Å². The van der Waals surface area contributed by atoms with Gasteiger partial charge in [0.25, 0.3) is 10.0 Å². The first-order chi connectivity index (χ1) is 15.7. The van der Waals surface area contributed by atoms with Gasteiger partial charge in [0.15, 0.2) is 5.76 Å². The molecule has 0 spiro atoms. The van der Waals surface area contributed by atoms with Gasteiger partial charge in [-0.2, -0.15) is 0 Å². The lowest BCUT2D eigenvalue weighted by atomic mass is 10.1. The third-order valence-electron chi connectivity index (χ3n) is 5.23. The van der Waals surface area contributed by atoms with Crippen LogP contribution in [-0.4, -0.2) is 27.7 Å². The third-order valence-corrected chi connectivity index (χ3v) is 7.00. The SMILES string of the molecule is Cc1cc(CN(c2ccc(N(C)C)cc2)S(=O)(=O)c2cccc(-c3ccc(F)cc3)c2)on1. The molecular weight excluding hydrogens is 441 g/mol. The Kier molecular flexibility index (Phi) is 6.20. The second-order valence-corrected chi connectivity index (χ2v) is 9.75. The van der Waals surface area contributed by atoms with Gasteiger partial charge in [0, 0.05) is 25.8 Å². The van der Waals surface area contributed by atoms with Crippen LogP contribution >= 0.6 is 0 Å². The van der Waals surface area contributed by atoms with E-state index >= 15 is 0 Å². The van der Waals surface area contributed by atoms with Crippen molar-refractivity contribution in [2.45, 2.75) is 18.4 Å². The molecule has 0 N–H and O–H groups in total. The Morgan fingerprint density at radius 1 is 0.879 bits per heavy atom. The molecule has 6 nitrogen and oxygen atoms in total. The molecule has 170 valence electrons. The van der Waals surface area contributed by atoms with E-state index in [0.29, 0.717) is 22.7 Å². The molecule has 1 aromatic heterocycles. The topological polar surface area (TPSA) is 66.7 Å². The number of benzene rings is 3. The smallest absolute Gasteiger partial charge is 0.264 e. The van der Waals surface area contributed by atoms with E-state index in [-0.39, 0.29) is 17.3 Å². The van der Waals surface area contributed by atoms with Crippen molar-refractivity contribution in [3.05, 3.63) is 96.1 Å². The van der Waals surface area contributed by atoms with E-state index in [1.165, 1.54) is 16.4 Å². The standard InChI is InChI=1S/C25H24FN3O3S/c1-18-15-24(32-27-18)17-29(23-13-11-22(12-14-23)28(2)3)33(30,31)25-6-4-5-20(16-25)19-7-9-21(26)10-8-19/h4-16H,17H2,1-3H3. The largest absolute Gasteiger partial charge is 0.378 e. The number of hydrogen-bond acceptors (Lipinski definition) is 5. The molecule has 33 heavy (non-hydrogen) atoms. The number of rotatable bonds is 7. The molecule has 8 heteroatoms. The first kappa shape index (κ1) is 22.5. The predicted molar refractivity (Wildman–Crippen MR) is 127 cm³/mol. The fraction of sp³-hybridized carbons (Fsp3) is 0.160.